The third-order valence-corrected chi connectivity index (χ3v) is 4.70. The van der Waals surface area contributed by atoms with E-state index < -0.39 is 0 Å². The van der Waals surface area contributed by atoms with Crippen molar-refractivity contribution < 1.29 is 8.81 Å². The van der Waals surface area contributed by atoms with Crippen molar-refractivity contribution in [3.63, 3.8) is 0 Å². The molecule has 0 amide bonds. The Morgan fingerprint density at radius 3 is 2.60 bits per heavy atom. The van der Waals surface area contributed by atoms with Gasteiger partial charge in [-0.3, -0.25) is 0 Å². The van der Waals surface area contributed by atoms with Gasteiger partial charge < -0.3 is 4.42 Å². The summed E-state index contributed by atoms with van der Waals surface area (Å²) in [5, 5.41) is 0.852. The van der Waals surface area contributed by atoms with Gasteiger partial charge in [-0.25, -0.2) is 4.39 Å². The topological polar surface area (TPSA) is 13.1 Å². The monoisotopic (exact) mass is 398 g/mol. The number of thioether (sulfide) groups is 1. The molecule has 0 bridgehead atoms. The van der Waals surface area contributed by atoms with Crippen LogP contribution in [0.2, 0.25) is 0 Å². The maximum absolute atomic E-state index is 13.5. The maximum Gasteiger partial charge on any atom is 0.148 e. The van der Waals surface area contributed by atoms with E-state index in [-0.39, 0.29) is 5.82 Å². The van der Waals surface area contributed by atoms with Crippen LogP contribution in [0.5, 0.6) is 0 Å². The molecule has 0 atom stereocenters. The number of rotatable bonds is 3. The van der Waals surface area contributed by atoms with E-state index in [1.807, 2.05) is 24.3 Å². The Balaban J connectivity index is 2.23. The first-order chi connectivity index (χ1) is 9.69. The summed E-state index contributed by atoms with van der Waals surface area (Å²) in [6.07, 6.45) is 0. The molecule has 0 unspecified atom stereocenters. The lowest BCUT2D eigenvalue weighted by Gasteiger charge is -2.02. The average Bonchev–Trinajstić information content (AvgIpc) is 2.79. The summed E-state index contributed by atoms with van der Waals surface area (Å²) in [6.45, 7) is 2.08. The van der Waals surface area contributed by atoms with E-state index in [1.54, 1.807) is 23.9 Å². The van der Waals surface area contributed by atoms with Crippen molar-refractivity contribution in [2.75, 3.05) is 5.75 Å². The average molecular weight is 398 g/mol. The SMILES string of the molecule is CCSc1c(-c2ccc(I)cc2)oc2ccc(F)cc12. The number of furan rings is 1. The smallest absolute Gasteiger partial charge is 0.148 e. The van der Waals surface area contributed by atoms with E-state index in [2.05, 4.69) is 29.5 Å². The molecule has 4 heteroatoms. The van der Waals surface area contributed by atoms with Crippen molar-refractivity contribution in [2.45, 2.75) is 11.8 Å². The highest BCUT2D eigenvalue weighted by atomic mass is 127. The van der Waals surface area contributed by atoms with E-state index >= 15 is 0 Å². The second-order valence-electron chi connectivity index (χ2n) is 4.34. The molecule has 1 aromatic heterocycles. The third kappa shape index (κ3) is 2.59. The van der Waals surface area contributed by atoms with Gasteiger partial charge >= 0.3 is 0 Å². The largest absolute Gasteiger partial charge is 0.455 e. The Kier molecular flexibility index (Phi) is 4.03. The summed E-state index contributed by atoms with van der Waals surface area (Å²) in [4.78, 5) is 1.02. The summed E-state index contributed by atoms with van der Waals surface area (Å²) >= 11 is 3.96. The van der Waals surface area contributed by atoms with Crippen molar-refractivity contribution in [3.8, 4) is 11.3 Å². The Labute approximate surface area is 134 Å². The van der Waals surface area contributed by atoms with Crippen molar-refractivity contribution in [1.29, 1.82) is 0 Å². The minimum absolute atomic E-state index is 0.231. The van der Waals surface area contributed by atoms with Gasteiger partial charge in [0, 0.05) is 14.5 Å². The first-order valence-electron chi connectivity index (χ1n) is 6.30. The summed E-state index contributed by atoms with van der Waals surface area (Å²) in [5.74, 6) is 1.52. The lowest BCUT2D eigenvalue weighted by Crippen LogP contribution is -1.79. The molecule has 2 aromatic carbocycles. The van der Waals surface area contributed by atoms with Crippen molar-refractivity contribution in [3.05, 3.63) is 51.9 Å². The zero-order chi connectivity index (χ0) is 14.1. The zero-order valence-electron chi connectivity index (χ0n) is 10.8. The van der Waals surface area contributed by atoms with Gasteiger partial charge in [0.2, 0.25) is 0 Å². The predicted molar refractivity (Wildman–Crippen MR) is 90.7 cm³/mol. The van der Waals surface area contributed by atoms with Gasteiger partial charge in [0.15, 0.2) is 0 Å². The molecule has 0 saturated carbocycles. The minimum Gasteiger partial charge on any atom is -0.455 e. The standard InChI is InChI=1S/C16H12FIOS/c1-2-20-16-13-9-11(17)5-8-14(13)19-15(16)10-3-6-12(18)7-4-10/h3-9H,2H2,1H3. The van der Waals surface area contributed by atoms with Gasteiger partial charge in [-0.1, -0.05) is 19.1 Å². The molecule has 1 heterocycles. The summed E-state index contributed by atoms with van der Waals surface area (Å²) in [7, 11) is 0. The molecule has 0 aliphatic heterocycles. The fourth-order valence-corrected chi connectivity index (χ4v) is 3.38. The fraction of sp³-hybridized carbons (Fsp3) is 0.125. The van der Waals surface area contributed by atoms with Crippen LogP contribution in [0, 0.1) is 9.39 Å². The van der Waals surface area contributed by atoms with Crippen LogP contribution >= 0.6 is 34.4 Å². The van der Waals surface area contributed by atoms with E-state index in [9.17, 15) is 4.39 Å². The molecule has 102 valence electrons. The quantitative estimate of drug-likeness (QED) is 0.399. The Bertz CT molecular complexity index is 749. The number of hydrogen-bond acceptors (Lipinski definition) is 2. The minimum atomic E-state index is -0.231. The molecular weight excluding hydrogens is 386 g/mol. The van der Waals surface area contributed by atoms with Crippen LogP contribution in [0.25, 0.3) is 22.3 Å². The molecule has 0 N–H and O–H groups in total. The molecule has 0 radical (unpaired) electrons. The molecular formula is C16H12FIOS. The van der Waals surface area contributed by atoms with Crippen molar-refractivity contribution in [1.82, 2.24) is 0 Å². The molecule has 0 fully saturated rings. The molecule has 3 rings (SSSR count). The number of hydrogen-bond donors (Lipinski definition) is 0. The number of halogens is 2. The van der Waals surface area contributed by atoms with Gasteiger partial charge in [0.25, 0.3) is 0 Å². The number of fused-ring (bicyclic) bond motifs is 1. The Morgan fingerprint density at radius 1 is 1.15 bits per heavy atom. The highest BCUT2D eigenvalue weighted by molar-refractivity contribution is 14.1. The predicted octanol–water partition coefficient (Wildman–Crippen LogP) is 5.96. The first-order valence-corrected chi connectivity index (χ1v) is 8.36. The Hall–Kier alpha value is -1.01. The van der Waals surface area contributed by atoms with Crippen molar-refractivity contribution in [2.24, 2.45) is 0 Å². The van der Waals surface area contributed by atoms with Gasteiger partial charge in [0.05, 0.1) is 4.90 Å². The van der Waals surface area contributed by atoms with Gasteiger partial charge in [-0.15, -0.1) is 11.8 Å². The van der Waals surface area contributed by atoms with E-state index in [0.29, 0.717) is 0 Å². The zero-order valence-corrected chi connectivity index (χ0v) is 13.8. The fourth-order valence-electron chi connectivity index (χ4n) is 2.13. The number of benzene rings is 2. The third-order valence-electron chi connectivity index (χ3n) is 3.00. The molecule has 0 spiro atoms. The van der Waals surface area contributed by atoms with Crippen LogP contribution in [-0.2, 0) is 0 Å². The van der Waals surface area contributed by atoms with Crippen LogP contribution in [0.1, 0.15) is 6.92 Å². The van der Waals surface area contributed by atoms with Crippen molar-refractivity contribution >= 4 is 45.3 Å². The van der Waals surface area contributed by atoms with Crippen LogP contribution < -0.4 is 0 Å². The van der Waals surface area contributed by atoms with E-state index in [0.717, 1.165) is 32.9 Å². The highest BCUT2D eigenvalue weighted by Crippen LogP contribution is 2.40. The van der Waals surface area contributed by atoms with Crippen LogP contribution in [0.4, 0.5) is 4.39 Å². The van der Waals surface area contributed by atoms with Gasteiger partial charge in [-0.05, 0) is 58.7 Å². The summed E-state index contributed by atoms with van der Waals surface area (Å²) in [5.41, 5.74) is 1.76. The van der Waals surface area contributed by atoms with Gasteiger partial charge in [0.1, 0.15) is 17.2 Å². The Morgan fingerprint density at radius 2 is 1.90 bits per heavy atom. The first kappa shape index (κ1) is 13.9. The molecule has 20 heavy (non-hydrogen) atoms. The van der Waals surface area contributed by atoms with Crippen LogP contribution in [0.3, 0.4) is 0 Å². The lowest BCUT2D eigenvalue weighted by molar-refractivity contribution is 0.616. The molecule has 3 aromatic rings. The van der Waals surface area contributed by atoms with E-state index in [1.165, 1.54) is 9.64 Å². The second kappa shape index (κ2) is 5.77. The molecule has 1 nitrogen and oxygen atoms in total. The van der Waals surface area contributed by atoms with Crippen LogP contribution in [-0.4, -0.2) is 5.75 Å². The summed E-state index contributed by atoms with van der Waals surface area (Å²) < 4.78 is 20.6. The summed E-state index contributed by atoms with van der Waals surface area (Å²) in [6, 6.07) is 12.8. The van der Waals surface area contributed by atoms with Crippen LogP contribution in [0.15, 0.2) is 51.8 Å². The normalized spacial score (nSPS) is 11.2. The van der Waals surface area contributed by atoms with E-state index in [4.69, 9.17) is 4.42 Å². The lowest BCUT2D eigenvalue weighted by atomic mass is 10.1. The molecule has 0 aliphatic carbocycles. The molecule has 0 saturated heterocycles. The molecule has 0 aliphatic rings. The second-order valence-corrected chi connectivity index (χ2v) is 6.86. The maximum atomic E-state index is 13.5. The highest BCUT2D eigenvalue weighted by Gasteiger charge is 2.16. The van der Waals surface area contributed by atoms with Gasteiger partial charge in [-0.2, -0.15) is 0 Å².